The van der Waals surface area contributed by atoms with Crippen molar-refractivity contribution in [2.24, 2.45) is 0 Å². The Morgan fingerprint density at radius 3 is 2.51 bits per heavy atom. The number of hydrogen-bond acceptors (Lipinski definition) is 5. The minimum atomic E-state index is -0.0328. The average molecular weight is 501 g/mol. The van der Waals surface area contributed by atoms with Crippen LogP contribution in [0.3, 0.4) is 0 Å². The van der Waals surface area contributed by atoms with E-state index < -0.39 is 0 Å². The number of para-hydroxylation sites is 1. The maximum atomic E-state index is 13.3. The van der Waals surface area contributed by atoms with Crippen molar-refractivity contribution in [3.8, 4) is 17.0 Å². The lowest BCUT2D eigenvalue weighted by atomic mass is 10.00. The van der Waals surface area contributed by atoms with Gasteiger partial charge in [0.15, 0.2) is 0 Å². The van der Waals surface area contributed by atoms with E-state index >= 15 is 0 Å². The Kier molecular flexibility index (Phi) is 8.69. The molecule has 37 heavy (non-hydrogen) atoms. The van der Waals surface area contributed by atoms with Gasteiger partial charge in [0.05, 0.1) is 23.4 Å². The number of carbonyl (C=O) groups excluding carboxylic acids is 1. The van der Waals surface area contributed by atoms with Crippen LogP contribution in [0.1, 0.15) is 55.8 Å². The van der Waals surface area contributed by atoms with E-state index in [1.165, 1.54) is 58.3 Å². The quantitative estimate of drug-likeness (QED) is 0.400. The summed E-state index contributed by atoms with van der Waals surface area (Å²) in [5.41, 5.74) is 3.27. The molecule has 6 nitrogen and oxygen atoms in total. The number of carbonyl (C=O) groups is 1. The van der Waals surface area contributed by atoms with Gasteiger partial charge < -0.3 is 19.9 Å². The maximum Gasteiger partial charge on any atom is 0.252 e. The Hall–Kier alpha value is -2.96. The standard InChI is InChI=1S/C31H40N4O2/c1-2-37-26-13-11-24(12-14-26)30-23-28(27-9-4-5-10-29(27)33-30)31(36)32-17-8-18-34-21-15-25(16-22-34)35-19-6-3-7-20-35/h4-5,9-14,23,25H,2-3,6-8,15-22H2,1H3,(H,32,36). The fourth-order valence-electron chi connectivity index (χ4n) is 5.79. The Bertz CT molecular complexity index is 1170. The van der Waals surface area contributed by atoms with Crippen molar-refractivity contribution in [1.29, 1.82) is 0 Å². The lowest BCUT2D eigenvalue weighted by Gasteiger charge is -2.40. The molecule has 2 aliphatic rings. The van der Waals surface area contributed by atoms with Gasteiger partial charge in [-0.3, -0.25) is 4.79 Å². The second-order valence-corrected chi connectivity index (χ2v) is 10.3. The third kappa shape index (κ3) is 6.49. The molecule has 2 fully saturated rings. The molecule has 0 spiro atoms. The number of aromatic nitrogens is 1. The van der Waals surface area contributed by atoms with Crippen LogP contribution in [0.2, 0.25) is 0 Å². The number of nitrogens with one attached hydrogen (secondary N) is 1. The number of hydrogen-bond donors (Lipinski definition) is 1. The van der Waals surface area contributed by atoms with Crippen LogP contribution in [0.4, 0.5) is 0 Å². The number of ether oxygens (including phenoxy) is 1. The van der Waals surface area contributed by atoms with Gasteiger partial charge in [0.1, 0.15) is 5.75 Å². The molecule has 0 aliphatic carbocycles. The highest BCUT2D eigenvalue weighted by molar-refractivity contribution is 6.07. The van der Waals surface area contributed by atoms with Gasteiger partial charge in [0, 0.05) is 23.5 Å². The number of piperidine rings is 2. The molecule has 0 radical (unpaired) electrons. The van der Waals surface area contributed by atoms with Gasteiger partial charge in [-0.05, 0) is 108 Å². The predicted molar refractivity (Wildman–Crippen MR) is 150 cm³/mol. The zero-order valence-corrected chi connectivity index (χ0v) is 22.1. The first-order valence-corrected chi connectivity index (χ1v) is 14.1. The van der Waals surface area contributed by atoms with E-state index in [0.29, 0.717) is 18.7 Å². The van der Waals surface area contributed by atoms with Crippen LogP contribution in [-0.4, -0.2) is 72.6 Å². The van der Waals surface area contributed by atoms with Crippen LogP contribution in [0.15, 0.2) is 54.6 Å². The molecule has 1 aromatic heterocycles. The third-order valence-electron chi connectivity index (χ3n) is 7.82. The van der Waals surface area contributed by atoms with Crippen molar-refractivity contribution in [1.82, 2.24) is 20.1 Å². The SMILES string of the molecule is CCOc1ccc(-c2cc(C(=O)NCCCN3CCC(N4CCCCC4)CC3)c3ccccc3n2)cc1. The van der Waals surface area contributed by atoms with Gasteiger partial charge in [-0.15, -0.1) is 0 Å². The highest BCUT2D eigenvalue weighted by Crippen LogP contribution is 2.26. The first-order valence-electron chi connectivity index (χ1n) is 14.1. The van der Waals surface area contributed by atoms with Crippen LogP contribution in [0.25, 0.3) is 22.2 Å². The molecule has 2 aliphatic heterocycles. The fourth-order valence-corrected chi connectivity index (χ4v) is 5.79. The molecule has 196 valence electrons. The lowest BCUT2D eigenvalue weighted by Crippen LogP contribution is -2.47. The number of pyridine rings is 1. The minimum Gasteiger partial charge on any atom is -0.494 e. The van der Waals surface area contributed by atoms with Gasteiger partial charge in [-0.25, -0.2) is 4.98 Å². The van der Waals surface area contributed by atoms with E-state index in [1.54, 1.807) is 0 Å². The Balaban J connectivity index is 1.17. The number of nitrogens with zero attached hydrogens (tertiary/aromatic N) is 3. The molecule has 2 saturated heterocycles. The van der Waals surface area contributed by atoms with Gasteiger partial charge in [-0.2, -0.15) is 0 Å². The van der Waals surface area contributed by atoms with Crippen LogP contribution >= 0.6 is 0 Å². The summed E-state index contributed by atoms with van der Waals surface area (Å²) in [6.45, 7) is 9.27. The van der Waals surface area contributed by atoms with Gasteiger partial charge in [-0.1, -0.05) is 24.6 Å². The van der Waals surface area contributed by atoms with Crippen molar-refractivity contribution in [3.63, 3.8) is 0 Å². The van der Waals surface area contributed by atoms with Crippen molar-refractivity contribution in [3.05, 3.63) is 60.2 Å². The van der Waals surface area contributed by atoms with Crippen LogP contribution in [-0.2, 0) is 0 Å². The molecule has 0 atom stereocenters. The van der Waals surface area contributed by atoms with Crippen LogP contribution in [0.5, 0.6) is 5.75 Å². The second-order valence-electron chi connectivity index (χ2n) is 10.3. The van der Waals surface area contributed by atoms with Gasteiger partial charge in [0.25, 0.3) is 5.91 Å². The molecule has 1 N–H and O–H groups in total. The average Bonchev–Trinajstić information content (AvgIpc) is 2.96. The molecule has 3 aromatic rings. The number of fused-ring (bicyclic) bond motifs is 1. The predicted octanol–water partition coefficient (Wildman–Crippen LogP) is 5.37. The Morgan fingerprint density at radius 2 is 1.76 bits per heavy atom. The maximum absolute atomic E-state index is 13.3. The second kappa shape index (κ2) is 12.5. The number of likely N-dealkylation sites (tertiary alicyclic amines) is 2. The molecular formula is C31H40N4O2. The lowest BCUT2D eigenvalue weighted by molar-refractivity contribution is 0.0903. The van der Waals surface area contributed by atoms with Crippen LogP contribution < -0.4 is 10.1 Å². The first kappa shape index (κ1) is 25.7. The zero-order chi connectivity index (χ0) is 25.5. The highest BCUT2D eigenvalue weighted by Gasteiger charge is 2.25. The summed E-state index contributed by atoms with van der Waals surface area (Å²) < 4.78 is 5.57. The molecule has 3 heterocycles. The Morgan fingerprint density at radius 1 is 1.00 bits per heavy atom. The van der Waals surface area contributed by atoms with Crippen molar-refractivity contribution < 1.29 is 9.53 Å². The smallest absolute Gasteiger partial charge is 0.252 e. The minimum absolute atomic E-state index is 0.0328. The monoisotopic (exact) mass is 500 g/mol. The number of amides is 1. The topological polar surface area (TPSA) is 57.7 Å². The molecule has 5 rings (SSSR count). The van der Waals surface area contributed by atoms with Crippen molar-refractivity contribution >= 4 is 16.8 Å². The molecule has 0 unspecified atom stereocenters. The van der Waals surface area contributed by atoms with Gasteiger partial charge in [0.2, 0.25) is 0 Å². The summed E-state index contributed by atoms with van der Waals surface area (Å²) in [6.07, 6.45) is 7.67. The largest absolute Gasteiger partial charge is 0.494 e. The van der Waals surface area contributed by atoms with E-state index in [-0.39, 0.29) is 5.91 Å². The highest BCUT2D eigenvalue weighted by atomic mass is 16.5. The summed E-state index contributed by atoms with van der Waals surface area (Å²) >= 11 is 0. The van der Waals surface area contributed by atoms with Crippen molar-refractivity contribution in [2.75, 3.05) is 45.9 Å². The van der Waals surface area contributed by atoms with E-state index in [4.69, 9.17) is 9.72 Å². The third-order valence-corrected chi connectivity index (χ3v) is 7.82. The summed E-state index contributed by atoms with van der Waals surface area (Å²) in [7, 11) is 0. The number of rotatable bonds is 9. The van der Waals surface area contributed by atoms with Gasteiger partial charge >= 0.3 is 0 Å². The summed E-state index contributed by atoms with van der Waals surface area (Å²) in [5, 5.41) is 4.06. The van der Waals surface area contributed by atoms with Crippen molar-refractivity contribution in [2.45, 2.75) is 51.5 Å². The fraction of sp³-hybridized carbons (Fsp3) is 0.484. The molecule has 6 heteroatoms. The zero-order valence-electron chi connectivity index (χ0n) is 22.1. The van der Waals surface area contributed by atoms with E-state index in [1.807, 2.05) is 61.5 Å². The Labute approximate surface area is 221 Å². The summed E-state index contributed by atoms with van der Waals surface area (Å²) in [4.78, 5) is 23.4. The number of benzene rings is 2. The van der Waals surface area contributed by atoms with Crippen LogP contribution in [0, 0.1) is 0 Å². The summed E-state index contributed by atoms with van der Waals surface area (Å²) in [6, 6.07) is 18.5. The van der Waals surface area contributed by atoms with E-state index in [0.717, 1.165) is 46.9 Å². The normalized spacial score (nSPS) is 17.6. The molecule has 0 saturated carbocycles. The van der Waals surface area contributed by atoms with E-state index in [9.17, 15) is 4.79 Å². The van der Waals surface area contributed by atoms with E-state index in [2.05, 4.69) is 15.1 Å². The molecule has 0 bridgehead atoms. The first-order chi connectivity index (χ1) is 18.2. The summed E-state index contributed by atoms with van der Waals surface area (Å²) in [5.74, 6) is 0.801. The molecule has 1 amide bonds. The molecule has 2 aromatic carbocycles. The molecular weight excluding hydrogens is 460 g/mol.